The van der Waals surface area contributed by atoms with E-state index in [1.165, 1.54) is 41.9 Å². The van der Waals surface area contributed by atoms with Gasteiger partial charge in [-0.25, -0.2) is 0 Å². The van der Waals surface area contributed by atoms with Crippen LogP contribution in [0.15, 0.2) is 91.0 Å². The Morgan fingerprint density at radius 2 is 1.49 bits per heavy atom. The third-order valence-corrected chi connectivity index (χ3v) is 10.2. The molecule has 0 aromatic heterocycles. The van der Waals surface area contributed by atoms with Crippen molar-refractivity contribution in [2.45, 2.75) is 31.6 Å². The second kappa shape index (κ2) is 13.0. The number of hydrogen-bond donors (Lipinski definition) is 1. The Hall–Kier alpha value is -4.29. The molecular formula is C39H43N3O3. The monoisotopic (exact) mass is 601 g/mol. The summed E-state index contributed by atoms with van der Waals surface area (Å²) < 4.78 is 6.16. The maximum atomic E-state index is 11.2. The van der Waals surface area contributed by atoms with Crippen molar-refractivity contribution >= 4 is 17.7 Å². The van der Waals surface area contributed by atoms with Crippen molar-refractivity contribution in [2.24, 2.45) is 5.92 Å². The quantitative estimate of drug-likeness (QED) is 0.234. The van der Waals surface area contributed by atoms with E-state index in [-0.39, 0.29) is 17.6 Å². The van der Waals surface area contributed by atoms with Crippen LogP contribution in [-0.2, 0) is 0 Å². The van der Waals surface area contributed by atoms with Gasteiger partial charge in [0.2, 0.25) is 0 Å². The second-order valence-corrected chi connectivity index (χ2v) is 13.0. The number of phenols is 1. The molecule has 7 rings (SSSR count). The Morgan fingerprint density at radius 1 is 0.778 bits per heavy atom. The molecule has 0 amide bonds. The number of phenolic OH excluding ortho intramolecular Hbond substituents is 1. The molecule has 2 saturated heterocycles. The Balaban J connectivity index is 0.960. The molecule has 0 unspecified atom stereocenters. The van der Waals surface area contributed by atoms with E-state index in [1.54, 1.807) is 12.1 Å². The number of piperazine rings is 1. The van der Waals surface area contributed by atoms with Crippen LogP contribution in [0.2, 0.25) is 0 Å². The van der Waals surface area contributed by atoms with Gasteiger partial charge in [-0.15, -0.1) is 0 Å². The van der Waals surface area contributed by atoms with Gasteiger partial charge in [-0.05, 0) is 78.8 Å². The van der Waals surface area contributed by atoms with Crippen molar-refractivity contribution < 1.29 is 14.6 Å². The second-order valence-electron chi connectivity index (χ2n) is 13.0. The lowest BCUT2D eigenvalue weighted by molar-refractivity contribution is 0.112. The number of aryl methyl sites for hydroxylation is 1. The Morgan fingerprint density at radius 3 is 2.20 bits per heavy atom. The molecule has 6 nitrogen and oxygen atoms in total. The summed E-state index contributed by atoms with van der Waals surface area (Å²) in [7, 11) is 0. The van der Waals surface area contributed by atoms with E-state index in [9.17, 15) is 9.90 Å². The summed E-state index contributed by atoms with van der Waals surface area (Å²) in [6.07, 6.45) is 3.39. The predicted molar refractivity (Wildman–Crippen MR) is 181 cm³/mol. The number of piperidine rings is 1. The highest BCUT2D eigenvalue weighted by molar-refractivity contribution is 5.78. The average Bonchev–Trinajstić information content (AvgIpc) is 3.09. The lowest BCUT2D eigenvalue weighted by Gasteiger charge is -2.40. The smallest absolute Gasteiger partial charge is 0.150 e. The molecule has 0 radical (unpaired) electrons. The molecule has 4 aromatic rings. The number of carbonyl (C=O) groups is 1. The van der Waals surface area contributed by atoms with Crippen LogP contribution in [0.1, 0.15) is 57.3 Å². The van der Waals surface area contributed by atoms with Gasteiger partial charge in [0.05, 0.1) is 6.61 Å². The standard InChI is InChI=1S/C39H43N3O3/c1-28-23-34(12-9-32(28)26-43)42-21-19-40(20-22-42)25-29-15-17-41(18-16-29)33-10-7-31(8-11-33)39-36-14-13-35(44)24-38(36)45-27-37(39)30-5-3-2-4-6-30/h2-14,23-24,26,29,37,39,44H,15-22,25,27H2,1H3/t37-,39-/m1/s1. The van der Waals surface area contributed by atoms with Gasteiger partial charge in [0.15, 0.2) is 0 Å². The van der Waals surface area contributed by atoms with Crippen LogP contribution in [0.5, 0.6) is 11.5 Å². The fourth-order valence-corrected chi connectivity index (χ4v) is 7.61. The summed E-state index contributed by atoms with van der Waals surface area (Å²) in [6.45, 7) is 10.2. The highest BCUT2D eigenvalue weighted by Crippen LogP contribution is 2.47. The molecule has 232 valence electrons. The molecule has 0 bridgehead atoms. The van der Waals surface area contributed by atoms with Crippen molar-refractivity contribution in [3.05, 3.63) is 119 Å². The number of fused-ring (bicyclic) bond motifs is 1. The summed E-state index contributed by atoms with van der Waals surface area (Å²) in [6, 6.07) is 31.6. The molecular weight excluding hydrogens is 558 g/mol. The Kier molecular flexibility index (Phi) is 8.49. The fraction of sp³-hybridized carbons (Fsp3) is 0.359. The molecule has 3 aliphatic rings. The zero-order valence-electron chi connectivity index (χ0n) is 26.1. The number of benzene rings is 4. The number of aldehydes is 1. The lowest BCUT2D eigenvalue weighted by Crippen LogP contribution is -2.49. The minimum absolute atomic E-state index is 0.164. The van der Waals surface area contributed by atoms with Crippen LogP contribution < -0.4 is 14.5 Å². The van der Waals surface area contributed by atoms with Crippen molar-refractivity contribution in [1.82, 2.24) is 4.90 Å². The first-order chi connectivity index (χ1) is 22.1. The largest absolute Gasteiger partial charge is 0.508 e. The van der Waals surface area contributed by atoms with E-state index >= 15 is 0 Å². The molecule has 2 fully saturated rings. The minimum Gasteiger partial charge on any atom is -0.508 e. The van der Waals surface area contributed by atoms with E-state index < -0.39 is 0 Å². The topological polar surface area (TPSA) is 56.3 Å². The van der Waals surface area contributed by atoms with Gasteiger partial charge in [-0.2, -0.15) is 0 Å². The van der Waals surface area contributed by atoms with Gasteiger partial charge in [-0.3, -0.25) is 9.69 Å². The van der Waals surface area contributed by atoms with Crippen LogP contribution in [0.4, 0.5) is 11.4 Å². The van der Waals surface area contributed by atoms with Gasteiger partial charge in [0, 0.05) is 86.2 Å². The van der Waals surface area contributed by atoms with Crippen molar-refractivity contribution in [1.29, 1.82) is 0 Å². The third-order valence-electron chi connectivity index (χ3n) is 10.2. The highest BCUT2D eigenvalue weighted by atomic mass is 16.5. The van der Waals surface area contributed by atoms with Crippen molar-refractivity contribution in [2.75, 3.05) is 62.2 Å². The summed E-state index contributed by atoms with van der Waals surface area (Å²) in [5, 5.41) is 10.1. The number of rotatable bonds is 7. The summed E-state index contributed by atoms with van der Waals surface area (Å²) in [5.41, 5.74) is 8.06. The molecule has 2 atom stereocenters. The van der Waals surface area contributed by atoms with Gasteiger partial charge in [0.1, 0.15) is 17.8 Å². The van der Waals surface area contributed by atoms with E-state index in [0.29, 0.717) is 6.61 Å². The van der Waals surface area contributed by atoms with Gasteiger partial charge in [-0.1, -0.05) is 48.5 Å². The zero-order valence-corrected chi connectivity index (χ0v) is 26.1. The number of hydrogen-bond acceptors (Lipinski definition) is 6. The van der Waals surface area contributed by atoms with Gasteiger partial charge < -0.3 is 19.6 Å². The molecule has 1 N–H and O–H groups in total. The molecule has 6 heteroatoms. The predicted octanol–water partition coefficient (Wildman–Crippen LogP) is 6.86. The fourth-order valence-electron chi connectivity index (χ4n) is 7.61. The molecule has 0 saturated carbocycles. The molecule has 3 aliphatic heterocycles. The summed E-state index contributed by atoms with van der Waals surface area (Å²) in [5.74, 6) is 2.13. The maximum absolute atomic E-state index is 11.2. The first-order valence-electron chi connectivity index (χ1n) is 16.4. The van der Waals surface area contributed by atoms with E-state index in [0.717, 1.165) is 73.9 Å². The van der Waals surface area contributed by atoms with Crippen LogP contribution in [-0.4, -0.2) is 68.7 Å². The van der Waals surface area contributed by atoms with Crippen LogP contribution in [0.25, 0.3) is 0 Å². The first kappa shape index (κ1) is 29.4. The molecule has 45 heavy (non-hydrogen) atoms. The zero-order chi connectivity index (χ0) is 30.8. The minimum atomic E-state index is 0.164. The van der Waals surface area contributed by atoms with Gasteiger partial charge in [0.25, 0.3) is 0 Å². The van der Waals surface area contributed by atoms with Crippen molar-refractivity contribution in [3.8, 4) is 11.5 Å². The molecule has 0 spiro atoms. The van der Waals surface area contributed by atoms with Crippen LogP contribution in [0.3, 0.4) is 0 Å². The van der Waals surface area contributed by atoms with Crippen molar-refractivity contribution in [3.63, 3.8) is 0 Å². The first-order valence-corrected chi connectivity index (χ1v) is 16.4. The average molecular weight is 602 g/mol. The lowest BCUT2D eigenvalue weighted by atomic mass is 9.76. The number of carbonyl (C=O) groups excluding carboxylic acids is 1. The number of nitrogens with zero attached hydrogens (tertiary/aromatic N) is 3. The number of aromatic hydroxyl groups is 1. The molecule has 3 heterocycles. The normalized spacial score (nSPS) is 20.8. The van der Waals surface area contributed by atoms with Crippen LogP contribution >= 0.6 is 0 Å². The highest BCUT2D eigenvalue weighted by Gasteiger charge is 2.34. The number of anilines is 2. The third kappa shape index (κ3) is 6.30. The Bertz CT molecular complexity index is 1610. The molecule has 4 aromatic carbocycles. The van der Waals surface area contributed by atoms with Crippen LogP contribution in [0, 0.1) is 12.8 Å². The number of ether oxygens (including phenoxy) is 1. The SMILES string of the molecule is Cc1cc(N2CCN(CC3CCN(c4ccc([C@@H]5c6ccc(O)cc6OC[C@@H]5c5ccccc5)cc4)CC3)CC2)ccc1C=O. The summed E-state index contributed by atoms with van der Waals surface area (Å²) >= 11 is 0. The van der Waals surface area contributed by atoms with E-state index in [1.807, 2.05) is 19.1 Å². The maximum Gasteiger partial charge on any atom is 0.150 e. The van der Waals surface area contributed by atoms with E-state index in [2.05, 4.69) is 81.4 Å². The van der Waals surface area contributed by atoms with Gasteiger partial charge >= 0.3 is 0 Å². The van der Waals surface area contributed by atoms with E-state index in [4.69, 9.17) is 4.74 Å². The summed E-state index contributed by atoms with van der Waals surface area (Å²) in [4.78, 5) is 18.8. The Labute approximate surface area is 266 Å². The molecule has 0 aliphatic carbocycles.